The fourth-order valence-electron chi connectivity index (χ4n) is 3.84. The number of hydrogen-bond acceptors (Lipinski definition) is 5. The van der Waals surface area contributed by atoms with Crippen LogP contribution in [0.3, 0.4) is 0 Å². The zero-order chi connectivity index (χ0) is 20.5. The lowest BCUT2D eigenvalue weighted by Crippen LogP contribution is -2.44. The number of fused-ring (bicyclic) bond motifs is 1. The van der Waals surface area contributed by atoms with Crippen molar-refractivity contribution in [2.75, 3.05) is 13.6 Å². The molecule has 2 aromatic carbocycles. The molecule has 1 aliphatic heterocycles. The third kappa shape index (κ3) is 4.42. The topological polar surface area (TPSA) is 55.6 Å². The maximum atomic E-state index is 12.6. The van der Waals surface area contributed by atoms with Crippen molar-refractivity contribution in [3.05, 3.63) is 52.0 Å². The molecule has 7 heteroatoms. The Kier molecular flexibility index (Phi) is 5.81. The van der Waals surface area contributed by atoms with Crippen LogP contribution in [0.4, 0.5) is 0 Å². The predicted molar refractivity (Wildman–Crippen MR) is 115 cm³/mol. The maximum absolute atomic E-state index is 12.6. The SMILES string of the molecule is CCC1CCC(OC(=O)c2ccc3nc(-c4cc(Cl)cc(Cl)c4)oc3c2)CN1C. The summed E-state index contributed by atoms with van der Waals surface area (Å²) in [5.74, 6) is 0.0541. The summed E-state index contributed by atoms with van der Waals surface area (Å²) < 4.78 is 11.6. The summed E-state index contributed by atoms with van der Waals surface area (Å²) in [6.45, 7) is 2.94. The highest BCUT2D eigenvalue weighted by Gasteiger charge is 2.27. The highest BCUT2D eigenvalue weighted by molar-refractivity contribution is 6.35. The van der Waals surface area contributed by atoms with Crippen LogP contribution in [-0.2, 0) is 4.74 Å². The Balaban J connectivity index is 1.52. The highest BCUT2D eigenvalue weighted by atomic mass is 35.5. The van der Waals surface area contributed by atoms with Gasteiger partial charge < -0.3 is 9.15 Å². The second-order valence-electron chi connectivity index (χ2n) is 7.47. The molecule has 4 rings (SSSR count). The number of rotatable bonds is 4. The first-order chi connectivity index (χ1) is 13.9. The number of oxazole rings is 1. The van der Waals surface area contributed by atoms with Gasteiger partial charge in [0.05, 0.1) is 5.56 Å². The van der Waals surface area contributed by atoms with Crippen LogP contribution in [0.2, 0.25) is 10.0 Å². The molecule has 0 aliphatic carbocycles. The average Bonchev–Trinajstić information content (AvgIpc) is 3.11. The van der Waals surface area contributed by atoms with E-state index < -0.39 is 0 Å². The molecule has 0 radical (unpaired) electrons. The molecule has 0 amide bonds. The Morgan fingerprint density at radius 2 is 1.97 bits per heavy atom. The predicted octanol–water partition coefficient (Wildman–Crippen LogP) is 5.83. The minimum atomic E-state index is -0.344. The number of halogens is 2. The number of carbonyl (C=O) groups excluding carboxylic acids is 1. The summed E-state index contributed by atoms with van der Waals surface area (Å²) in [6.07, 6.45) is 2.94. The molecule has 0 N–H and O–H groups in total. The molecular formula is C22H22Cl2N2O3. The summed E-state index contributed by atoms with van der Waals surface area (Å²) in [6, 6.07) is 10.8. The van der Waals surface area contributed by atoms with E-state index in [4.69, 9.17) is 32.4 Å². The number of ether oxygens (including phenoxy) is 1. The average molecular weight is 433 g/mol. The van der Waals surface area contributed by atoms with E-state index in [1.54, 1.807) is 36.4 Å². The van der Waals surface area contributed by atoms with Gasteiger partial charge in [0.1, 0.15) is 11.6 Å². The second kappa shape index (κ2) is 8.34. The van der Waals surface area contributed by atoms with Gasteiger partial charge >= 0.3 is 5.97 Å². The van der Waals surface area contributed by atoms with Gasteiger partial charge in [0.2, 0.25) is 5.89 Å². The minimum Gasteiger partial charge on any atom is -0.457 e. The van der Waals surface area contributed by atoms with E-state index in [2.05, 4.69) is 23.9 Å². The number of benzene rings is 2. The van der Waals surface area contributed by atoms with Crippen LogP contribution in [0.25, 0.3) is 22.6 Å². The Labute approximate surface area is 179 Å². The smallest absolute Gasteiger partial charge is 0.338 e. The fraction of sp³-hybridized carbons (Fsp3) is 0.364. The van der Waals surface area contributed by atoms with Crippen LogP contribution < -0.4 is 0 Å². The summed E-state index contributed by atoms with van der Waals surface area (Å²) in [7, 11) is 2.08. The number of aromatic nitrogens is 1. The molecule has 0 saturated carbocycles. The zero-order valence-electron chi connectivity index (χ0n) is 16.3. The first-order valence-corrected chi connectivity index (χ1v) is 10.5. The van der Waals surface area contributed by atoms with Crippen LogP contribution in [0.5, 0.6) is 0 Å². The zero-order valence-corrected chi connectivity index (χ0v) is 17.8. The number of likely N-dealkylation sites (tertiary alicyclic amines) is 1. The van der Waals surface area contributed by atoms with Crippen LogP contribution >= 0.6 is 23.2 Å². The fourth-order valence-corrected chi connectivity index (χ4v) is 4.37. The Hall–Kier alpha value is -2.08. The molecule has 5 nitrogen and oxygen atoms in total. The lowest BCUT2D eigenvalue weighted by Gasteiger charge is -2.36. The van der Waals surface area contributed by atoms with Crippen molar-refractivity contribution in [3.8, 4) is 11.5 Å². The third-order valence-corrected chi connectivity index (χ3v) is 5.85. The maximum Gasteiger partial charge on any atom is 0.338 e. The lowest BCUT2D eigenvalue weighted by molar-refractivity contribution is -0.000448. The third-order valence-electron chi connectivity index (χ3n) is 5.42. The van der Waals surface area contributed by atoms with Crippen molar-refractivity contribution in [1.82, 2.24) is 9.88 Å². The molecule has 29 heavy (non-hydrogen) atoms. The Bertz CT molecular complexity index is 1030. The number of hydrogen-bond donors (Lipinski definition) is 0. The van der Waals surface area contributed by atoms with E-state index in [1.165, 1.54) is 0 Å². The quantitative estimate of drug-likeness (QED) is 0.485. The van der Waals surface area contributed by atoms with Crippen LogP contribution in [0, 0.1) is 0 Å². The number of piperidine rings is 1. The van der Waals surface area contributed by atoms with Gasteiger partial charge in [-0.15, -0.1) is 0 Å². The summed E-state index contributed by atoms with van der Waals surface area (Å²) >= 11 is 12.1. The number of nitrogens with zero attached hydrogens (tertiary/aromatic N) is 2. The van der Waals surface area contributed by atoms with E-state index in [1.807, 2.05) is 0 Å². The first kappa shape index (κ1) is 20.2. The molecule has 2 heterocycles. The van der Waals surface area contributed by atoms with Gasteiger partial charge in [-0.2, -0.15) is 0 Å². The molecule has 3 aromatic rings. The standard InChI is InChI=1S/C22H22Cl2N2O3/c1-3-17-5-6-18(12-26(17)2)28-22(27)13-4-7-19-20(10-13)29-21(25-19)14-8-15(23)11-16(24)9-14/h4,7-11,17-18H,3,5-6,12H2,1-2H3. The molecule has 1 fully saturated rings. The molecule has 0 bridgehead atoms. The van der Waals surface area contributed by atoms with Crippen molar-refractivity contribution in [2.24, 2.45) is 0 Å². The van der Waals surface area contributed by atoms with Crippen LogP contribution in [-0.4, -0.2) is 41.6 Å². The summed E-state index contributed by atoms with van der Waals surface area (Å²) in [5.41, 5.74) is 2.29. The van der Waals surface area contributed by atoms with Gasteiger partial charge in [-0.05, 0) is 62.7 Å². The molecule has 152 valence electrons. The largest absolute Gasteiger partial charge is 0.457 e. The van der Waals surface area contributed by atoms with Gasteiger partial charge in [0, 0.05) is 28.2 Å². The van der Waals surface area contributed by atoms with Crippen molar-refractivity contribution < 1.29 is 13.9 Å². The molecule has 2 unspecified atom stereocenters. The van der Waals surface area contributed by atoms with Crippen molar-refractivity contribution in [1.29, 1.82) is 0 Å². The van der Waals surface area contributed by atoms with Gasteiger partial charge in [0.15, 0.2) is 5.58 Å². The monoisotopic (exact) mass is 432 g/mol. The van der Waals surface area contributed by atoms with Crippen molar-refractivity contribution in [2.45, 2.75) is 38.3 Å². The molecule has 1 aromatic heterocycles. The van der Waals surface area contributed by atoms with Crippen LogP contribution in [0.15, 0.2) is 40.8 Å². The van der Waals surface area contributed by atoms with E-state index in [-0.39, 0.29) is 12.1 Å². The lowest BCUT2D eigenvalue weighted by atomic mass is 9.99. The number of carbonyl (C=O) groups is 1. The first-order valence-electron chi connectivity index (χ1n) is 9.71. The molecule has 0 spiro atoms. The summed E-state index contributed by atoms with van der Waals surface area (Å²) in [4.78, 5) is 19.4. The molecular weight excluding hydrogens is 411 g/mol. The number of likely N-dealkylation sites (N-methyl/N-ethyl adjacent to an activating group) is 1. The van der Waals surface area contributed by atoms with E-state index >= 15 is 0 Å². The van der Waals surface area contributed by atoms with Gasteiger partial charge in [-0.25, -0.2) is 9.78 Å². The molecule has 1 saturated heterocycles. The van der Waals surface area contributed by atoms with Gasteiger partial charge in [-0.1, -0.05) is 30.1 Å². The van der Waals surface area contributed by atoms with Gasteiger partial charge in [-0.3, -0.25) is 4.90 Å². The Morgan fingerprint density at radius 3 is 2.66 bits per heavy atom. The van der Waals surface area contributed by atoms with Crippen molar-refractivity contribution in [3.63, 3.8) is 0 Å². The molecule has 1 aliphatic rings. The molecule has 2 atom stereocenters. The van der Waals surface area contributed by atoms with Gasteiger partial charge in [0.25, 0.3) is 0 Å². The highest BCUT2D eigenvalue weighted by Crippen LogP contribution is 2.30. The van der Waals surface area contributed by atoms with E-state index in [9.17, 15) is 4.79 Å². The van der Waals surface area contributed by atoms with Crippen LogP contribution in [0.1, 0.15) is 36.5 Å². The number of esters is 1. The minimum absolute atomic E-state index is 0.0927. The Morgan fingerprint density at radius 1 is 1.21 bits per heavy atom. The second-order valence-corrected chi connectivity index (χ2v) is 8.34. The van der Waals surface area contributed by atoms with E-state index in [0.29, 0.717) is 44.2 Å². The van der Waals surface area contributed by atoms with Crippen molar-refractivity contribution >= 4 is 40.3 Å². The normalized spacial score (nSPS) is 20.1. The van der Waals surface area contributed by atoms with E-state index in [0.717, 1.165) is 25.8 Å². The summed E-state index contributed by atoms with van der Waals surface area (Å²) in [5, 5.41) is 1.00.